The van der Waals surface area contributed by atoms with Crippen LogP contribution in [0.25, 0.3) is 11.1 Å². The van der Waals surface area contributed by atoms with Crippen molar-refractivity contribution in [1.82, 2.24) is 10.4 Å². The van der Waals surface area contributed by atoms with E-state index in [0.29, 0.717) is 23.2 Å². The topological polar surface area (TPSA) is 94.5 Å². The first-order chi connectivity index (χ1) is 20.1. The third-order valence-electron chi connectivity index (χ3n) is 11.2. The Morgan fingerprint density at radius 2 is 1.93 bits per heavy atom. The molecule has 3 N–H and O–H groups in total. The molecule has 2 aromatic rings. The Kier molecular flexibility index (Phi) is 7.79. The fourth-order valence-corrected chi connectivity index (χ4v) is 8.66. The van der Waals surface area contributed by atoms with E-state index in [2.05, 4.69) is 62.3 Å². The Labute approximate surface area is 249 Å². The summed E-state index contributed by atoms with van der Waals surface area (Å²) in [6, 6.07) is 11.8. The molecule has 2 aliphatic heterocycles. The Balaban J connectivity index is 1.29. The molecular formula is C34H47N3O5. The van der Waals surface area contributed by atoms with Gasteiger partial charge in [-0.1, -0.05) is 51.1 Å². The van der Waals surface area contributed by atoms with E-state index in [1.807, 2.05) is 12.1 Å². The first-order valence-corrected chi connectivity index (χ1v) is 15.6. The van der Waals surface area contributed by atoms with E-state index in [9.17, 15) is 15.0 Å². The number of hydrogen-bond acceptors (Lipinski definition) is 7. The molecule has 228 valence electrons. The first-order valence-electron chi connectivity index (χ1n) is 15.6. The number of hydroxylamine groups is 2. The van der Waals surface area contributed by atoms with E-state index in [4.69, 9.17) is 9.57 Å². The van der Waals surface area contributed by atoms with Gasteiger partial charge in [-0.05, 0) is 66.5 Å². The van der Waals surface area contributed by atoms with Crippen molar-refractivity contribution >= 4 is 11.6 Å². The minimum Gasteiger partial charge on any atom is -0.496 e. The Bertz CT molecular complexity index is 1330. The summed E-state index contributed by atoms with van der Waals surface area (Å²) in [6.07, 6.45) is 1.66. The van der Waals surface area contributed by atoms with Gasteiger partial charge in [0.1, 0.15) is 17.9 Å². The predicted octanol–water partition coefficient (Wildman–Crippen LogP) is 4.02. The molecule has 2 heterocycles. The van der Waals surface area contributed by atoms with E-state index in [0.717, 1.165) is 41.8 Å². The smallest absolute Gasteiger partial charge is 0.240 e. The van der Waals surface area contributed by atoms with E-state index in [1.54, 1.807) is 19.1 Å². The number of anilines is 1. The highest BCUT2D eigenvalue weighted by molar-refractivity contribution is 5.83. The van der Waals surface area contributed by atoms with Crippen LogP contribution in [0.4, 0.5) is 5.69 Å². The van der Waals surface area contributed by atoms with Crippen LogP contribution in [-0.2, 0) is 22.6 Å². The maximum absolute atomic E-state index is 14.1. The number of methoxy groups -OCH3 is 1. The molecule has 8 atom stereocenters. The number of likely N-dealkylation sites (N-methyl/N-ethyl adjacent to an activating group) is 1. The molecule has 4 fully saturated rings. The fourth-order valence-electron chi connectivity index (χ4n) is 8.66. The molecule has 42 heavy (non-hydrogen) atoms. The number of fused-ring (bicyclic) bond motifs is 3. The van der Waals surface area contributed by atoms with Gasteiger partial charge in [-0.15, -0.1) is 0 Å². The molecule has 8 heteroatoms. The number of nitrogens with zero attached hydrogens (tertiary/aromatic N) is 2. The minimum absolute atomic E-state index is 0.0927. The quantitative estimate of drug-likeness (QED) is 0.437. The van der Waals surface area contributed by atoms with Crippen molar-refractivity contribution < 1.29 is 24.6 Å². The summed E-state index contributed by atoms with van der Waals surface area (Å²) in [6.45, 7) is 9.62. The second-order valence-electron chi connectivity index (χ2n) is 13.7. The van der Waals surface area contributed by atoms with Gasteiger partial charge in [0.2, 0.25) is 5.91 Å². The van der Waals surface area contributed by atoms with Crippen LogP contribution in [0, 0.1) is 29.1 Å². The highest BCUT2D eigenvalue weighted by atomic mass is 16.7. The van der Waals surface area contributed by atoms with Gasteiger partial charge in [-0.3, -0.25) is 9.63 Å². The zero-order valence-corrected chi connectivity index (χ0v) is 25.8. The molecule has 7 rings (SSSR count). The largest absolute Gasteiger partial charge is 0.496 e. The van der Waals surface area contributed by atoms with Crippen LogP contribution >= 0.6 is 0 Å². The van der Waals surface area contributed by atoms with E-state index in [-0.39, 0.29) is 25.1 Å². The Morgan fingerprint density at radius 3 is 2.60 bits per heavy atom. The maximum Gasteiger partial charge on any atom is 0.240 e. The van der Waals surface area contributed by atoms with Crippen LogP contribution < -0.4 is 15.0 Å². The molecule has 2 aromatic carbocycles. The lowest BCUT2D eigenvalue weighted by atomic mass is 9.45. The van der Waals surface area contributed by atoms with Crippen molar-refractivity contribution in [2.75, 3.05) is 32.2 Å². The van der Waals surface area contributed by atoms with Crippen LogP contribution in [0.1, 0.15) is 51.7 Å². The number of carbonyl (C=O) groups is 1. The number of hydrogen-bond donors (Lipinski definition) is 3. The number of benzene rings is 2. The van der Waals surface area contributed by atoms with Crippen molar-refractivity contribution in [3.63, 3.8) is 0 Å². The highest BCUT2D eigenvalue weighted by Gasteiger charge is 2.57. The van der Waals surface area contributed by atoms with Crippen molar-refractivity contribution in [3.05, 3.63) is 47.5 Å². The second-order valence-corrected chi connectivity index (χ2v) is 13.7. The zero-order valence-electron chi connectivity index (χ0n) is 25.8. The number of para-hydroxylation sites is 1. The normalized spacial score (nSPS) is 32.3. The molecule has 0 spiro atoms. The summed E-state index contributed by atoms with van der Waals surface area (Å²) >= 11 is 0. The molecule has 8 nitrogen and oxygen atoms in total. The summed E-state index contributed by atoms with van der Waals surface area (Å²) in [7, 11) is 3.80. The predicted molar refractivity (Wildman–Crippen MR) is 163 cm³/mol. The number of ether oxygens (including phenoxy) is 1. The minimum atomic E-state index is -0.837. The summed E-state index contributed by atoms with van der Waals surface area (Å²) in [5, 5.41) is 26.0. The average Bonchev–Trinajstić information content (AvgIpc) is 3.54. The number of aliphatic hydroxyl groups excluding tert-OH is 2. The summed E-state index contributed by atoms with van der Waals surface area (Å²) in [5.41, 5.74) is 5.91. The van der Waals surface area contributed by atoms with Crippen LogP contribution in [0.2, 0.25) is 0 Å². The standard InChI is InChI=1S/C34H47N3O5/c1-19-26-15-22(34(26,3)4)16-27(19)35-33(40)31-30(20(2)39)29(18-38)42-37(31)17-21-9-7-11-25(32(21)41-6)23-10-8-12-28-24(23)13-14-36(28)5/h7-12,19-20,22,26-27,29-31,38-39H,13-18H2,1-6H3,(H,35,40)/t19-,20-,22+,26-,27-,29-,30-,31-/m0/s1. The molecule has 1 amide bonds. The van der Waals surface area contributed by atoms with Gasteiger partial charge in [-0.2, -0.15) is 5.06 Å². The summed E-state index contributed by atoms with van der Waals surface area (Å²) in [5.74, 6) is 1.62. The van der Waals surface area contributed by atoms with Crippen molar-refractivity contribution in [2.45, 2.75) is 77.8 Å². The van der Waals surface area contributed by atoms with Crippen LogP contribution in [-0.4, -0.2) is 72.8 Å². The van der Waals surface area contributed by atoms with Gasteiger partial charge in [0, 0.05) is 42.4 Å². The number of carbonyl (C=O) groups excluding carboxylic acids is 1. The van der Waals surface area contributed by atoms with Gasteiger partial charge >= 0.3 is 0 Å². The molecular weight excluding hydrogens is 530 g/mol. The average molecular weight is 578 g/mol. The zero-order chi connectivity index (χ0) is 29.9. The van der Waals surface area contributed by atoms with Crippen molar-refractivity contribution in [1.29, 1.82) is 0 Å². The molecule has 1 saturated heterocycles. The molecule has 2 bridgehead atoms. The molecule has 0 aromatic heterocycles. The summed E-state index contributed by atoms with van der Waals surface area (Å²) in [4.78, 5) is 22.6. The van der Waals surface area contributed by atoms with Gasteiger partial charge in [-0.25, -0.2) is 0 Å². The van der Waals surface area contributed by atoms with Gasteiger partial charge in [0.05, 0.1) is 26.4 Å². The molecule has 3 aliphatic carbocycles. The van der Waals surface area contributed by atoms with Gasteiger partial charge < -0.3 is 25.2 Å². The lowest BCUT2D eigenvalue weighted by Crippen LogP contribution is -2.62. The van der Waals surface area contributed by atoms with Gasteiger partial charge in [0.15, 0.2) is 0 Å². The fraction of sp³-hybridized carbons (Fsp3) is 0.618. The van der Waals surface area contributed by atoms with Crippen molar-refractivity contribution in [2.24, 2.45) is 29.1 Å². The number of aliphatic hydroxyl groups is 2. The molecule has 3 saturated carbocycles. The van der Waals surface area contributed by atoms with Crippen molar-refractivity contribution in [3.8, 4) is 16.9 Å². The maximum atomic E-state index is 14.1. The van der Waals surface area contributed by atoms with Crippen LogP contribution in [0.5, 0.6) is 5.75 Å². The van der Waals surface area contributed by atoms with Gasteiger partial charge in [0.25, 0.3) is 0 Å². The number of rotatable bonds is 8. The first kappa shape index (κ1) is 29.4. The van der Waals surface area contributed by atoms with E-state index >= 15 is 0 Å². The molecule has 0 radical (unpaired) electrons. The SMILES string of the molecule is COc1c(CN2O[C@@H](CO)[C@H]([C@H](C)O)[C@H]2C(=O)N[C@H]2C[C@H]3C[C@@H]([C@@H]2C)C3(C)C)cccc1-c1cccc2c1CCN2C. The second kappa shape index (κ2) is 11.1. The lowest BCUT2D eigenvalue weighted by molar-refractivity contribution is -0.183. The van der Waals surface area contributed by atoms with E-state index in [1.165, 1.54) is 17.7 Å². The van der Waals surface area contributed by atoms with Crippen LogP contribution in [0.15, 0.2) is 36.4 Å². The van der Waals surface area contributed by atoms with Crippen LogP contribution in [0.3, 0.4) is 0 Å². The Morgan fingerprint density at radius 1 is 1.19 bits per heavy atom. The monoisotopic (exact) mass is 577 g/mol. The lowest BCUT2D eigenvalue weighted by Gasteiger charge is -2.62. The number of amides is 1. The number of nitrogens with one attached hydrogen (secondary N) is 1. The Hall–Kier alpha value is -2.65. The third-order valence-corrected chi connectivity index (χ3v) is 11.2. The molecule has 0 unspecified atom stereocenters. The highest BCUT2D eigenvalue weighted by Crippen LogP contribution is 2.61. The third kappa shape index (κ3) is 4.71. The summed E-state index contributed by atoms with van der Waals surface area (Å²) < 4.78 is 6.03. The van der Waals surface area contributed by atoms with E-state index < -0.39 is 24.2 Å². The molecule has 5 aliphatic rings.